The van der Waals surface area contributed by atoms with Crippen LogP contribution in [-0.4, -0.2) is 72.5 Å². The van der Waals surface area contributed by atoms with Gasteiger partial charge in [-0.3, -0.25) is 25.0 Å². The van der Waals surface area contributed by atoms with E-state index in [2.05, 4.69) is 20.5 Å². The lowest BCUT2D eigenvalue weighted by Crippen LogP contribution is -2.55. The van der Waals surface area contributed by atoms with Crippen molar-refractivity contribution in [2.75, 3.05) is 19.6 Å². The summed E-state index contributed by atoms with van der Waals surface area (Å²) < 4.78 is 34.8. The molecule has 3 aliphatic heterocycles. The van der Waals surface area contributed by atoms with E-state index >= 15 is 0 Å². The van der Waals surface area contributed by atoms with Crippen molar-refractivity contribution >= 4 is 28.2 Å². The normalized spacial score (nSPS) is 26.7. The first kappa shape index (κ1) is 18.8. The summed E-state index contributed by atoms with van der Waals surface area (Å²) in [5, 5.41) is 3.71. The van der Waals surface area contributed by atoms with Gasteiger partial charge in [-0.2, -0.15) is 13.5 Å². The SMILES string of the molecule is O=C(NNC(=O)[C@@H]1CC[C@@H]2CN1C(=O)N2OS(=O)(=O)O)C1CCNCC1. The molecule has 4 amide bonds. The standard InChI is InChI=1S/C13H21N5O7S/c19-11(8-3-5-14-6-4-8)15-16-12(20)10-2-1-9-7-17(10)13(21)18(9)25-26(22,23)24/h8-10,14H,1-7H2,(H,15,19)(H,16,20)(H,22,23,24)/t9-,10+/m1/s1. The largest absolute Gasteiger partial charge is 0.418 e. The van der Waals surface area contributed by atoms with Gasteiger partial charge < -0.3 is 10.2 Å². The molecule has 3 heterocycles. The maximum Gasteiger partial charge on any atom is 0.418 e. The molecule has 146 valence electrons. The lowest BCUT2D eigenvalue weighted by Gasteiger charge is -2.29. The monoisotopic (exact) mass is 391 g/mol. The van der Waals surface area contributed by atoms with Gasteiger partial charge >= 0.3 is 16.4 Å². The molecule has 12 nitrogen and oxygen atoms in total. The van der Waals surface area contributed by atoms with Crippen LogP contribution in [0.2, 0.25) is 0 Å². The molecule has 0 radical (unpaired) electrons. The van der Waals surface area contributed by atoms with E-state index in [4.69, 9.17) is 4.55 Å². The smallest absolute Gasteiger partial charge is 0.317 e. The minimum absolute atomic E-state index is 0.0919. The van der Waals surface area contributed by atoms with Gasteiger partial charge in [-0.15, -0.1) is 4.28 Å². The van der Waals surface area contributed by atoms with Crippen LogP contribution in [-0.2, 0) is 24.3 Å². The second-order valence-electron chi connectivity index (χ2n) is 6.51. The molecule has 4 N–H and O–H groups in total. The van der Waals surface area contributed by atoms with E-state index < -0.39 is 34.4 Å². The van der Waals surface area contributed by atoms with Gasteiger partial charge in [0.05, 0.1) is 6.04 Å². The van der Waals surface area contributed by atoms with Crippen molar-refractivity contribution in [1.29, 1.82) is 0 Å². The van der Waals surface area contributed by atoms with Crippen LogP contribution in [0.25, 0.3) is 0 Å². The number of rotatable bonds is 4. The fourth-order valence-corrected chi connectivity index (χ4v) is 3.89. The van der Waals surface area contributed by atoms with Crippen molar-refractivity contribution in [2.45, 2.75) is 37.8 Å². The van der Waals surface area contributed by atoms with Crippen LogP contribution in [0, 0.1) is 5.92 Å². The molecule has 0 aromatic carbocycles. The van der Waals surface area contributed by atoms with Gasteiger partial charge in [0.2, 0.25) is 5.91 Å². The molecule has 2 atom stereocenters. The van der Waals surface area contributed by atoms with E-state index in [0.29, 0.717) is 24.3 Å². The van der Waals surface area contributed by atoms with Crippen molar-refractivity contribution in [3.8, 4) is 0 Å². The molecule has 0 aromatic rings. The molecule has 0 aliphatic carbocycles. The Bertz CT molecular complexity index is 693. The summed E-state index contributed by atoms with van der Waals surface area (Å²) in [6.45, 7) is 1.57. The number of fused-ring (bicyclic) bond motifs is 2. The van der Waals surface area contributed by atoms with Crippen LogP contribution in [0.4, 0.5) is 4.79 Å². The van der Waals surface area contributed by atoms with Gasteiger partial charge in [-0.1, -0.05) is 0 Å². The van der Waals surface area contributed by atoms with Crippen LogP contribution in [0.15, 0.2) is 0 Å². The summed E-state index contributed by atoms with van der Waals surface area (Å²) in [4.78, 5) is 37.8. The summed E-state index contributed by atoms with van der Waals surface area (Å²) in [6.07, 6.45) is 1.95. The number of urea groups is 1. The summed E-state index contributed by atoms with van der Waals surface area (Å²) in [5.41, 5.74) is 4.72. The Morgan fingerprint density at radius 3 is 2.42 bits per heavy atom. The summed E-state index contributed by atoms with van der Waals surface area (Å²) in [5.74, 6) is -1.02. The first-order valence-electron chi connectivity index (χ1n) is 8.33. The summed E-state index contributed by atoms with van der Waals surface area (Å²) in [7, 11) is -4.84. The molecule has 0 spiro atoms. The molecule has 0 saturated carbocycles. The average Bonchev–Trinajstić information content (AvgIpc) is 2.84. The molecular weight excluding hydrogens is 370 g/mol. The number of nitrogens with zero attached hydrogens (tertiary/aromatic N) is 2. The number of piperidine rings is 2. The van der Waals surface area contributed by atoms with Crippen molar-refractivity contribution in [3.63, 3.8) is 0 Å². The molecule has 3 fully saturated rings. The number of hydrazine groups is 1. The van der Waals surface area contributed by atoms with E-state index in [-0.39, 0.29) is 24.8 Å². The second-order valence-corrected chi connectivity index (χ2v) is 7.52. The molecule has 26 heavy (non-hydrogen) atoms. The summed E-state index contributed by atoms with van der Waals surface area (Å²) in [6, 6.07) is -2.25. The second kappa shape index (κ2) is 7.34. The summed E-state index contributed by atoms with van der Waals surface area (Å²) >= 11 is 0. The first-order chi connectivity index (χ1) is 12.3. The van der Waals surface area contributed by atoms with E-state index in [1.165, 1.54) is 0 Å². The molecule has 0 unspecified atom stereocenters. The Morgan fingerprint density at radius 1 is 1.12 bits per heavy atom. The highest BCUT2D eigenvalue weighted by atomic mass is 32.3. The van der Waals surface area contributed by atoms with Gasteiger partial charge in [0.25, 0.3) is 5.91 Å². The molecule has 3 aliphatic rings. The molecule has 13 heteroatoms. The topological polar surface area (TPSA) is 157 Å². The van der Waals surface area contributed by atoms with Crippen LogP contribution in [0.3, 0.4) is 0 Å². The zero-order chi connectivity index (χ0) is 18.9. The van der Waals surface area contributed by atoms with Gasteiger partial charge in [-0.25, -0.2) is 4.79 Å². The van der Waals surface area contributed by atoms with Crippen LogP contribution < -0.4 is 16.2 Å². The third-order valence-corrected chi connectivity index (χ3v) is 5.17. The van der Waals surface area contributed by atoms with E-state index in [9.17, 15) is 22.8 Å². The Labute approximate surface area is 150 Å². The number of nitrogens with one attached hydrogen (secondary N) is 3. The van der Waals surface area contributed by atoms with Crippen molar-refractivity contribution in [2.24, 2.45) is 5.92 Å². The highest BCUT2D eigenvalue weighted by Crippen LogP contribution is 2.30. The number of hydroxylamine groups is 2. The predicted molar refractivity (Wildman–Crippen MR) is 85.3 cm³/mol. The fraction of sp³-hybridized carbons (Fsp3) is 0.769. The van der Waals surface area contributed by atoms with E-state index in [1.54, 1.807) is 0 Å². The van der Waals surface area contributed by atoms with Gasteiger partial charge in [0.15, 0.2) is 0 Å². The number of hydrogen-bond donors (Lipinski definition) is 4. The van der Waals surface area contributed by atoms with Crippen molar-refractivity contribution in [3.05, 3.63) is 0 Å². The van der Waals surface area contributed by atoms with Crippen LogP contribution in [0.5, 0.6) is 0 Å². The average molecular weight is 391 g/mol. The maximum atomic E-state index is 12.4. The third kappa shape index (κ3) is 4.06. The minimum Gasteiger partial charge on any atom is -0.317 e. The van der Waals surface area contributed by atoms with Gasteiger partial charge in [0.1, 0.15) is 6.04 Å². The van der Waals surface area contributed by atoms with Crippen LogP contribution in [0.1, 0.15) is 25.7 Å². The lowest BCUT2D eigenvalue weighted by atomic mass is 9.97. The third-order valence-electron chi connectivity index (χ3n) is 4.82. The first-order valence-corrected chi connectivity index (χ1v) is 9.70. The molecule has 2 bridgehead atoms. The van der Waals surface area contributed by atoms with Crippen LogP contribution >= 0.6 is 0 Å². The number of carbonyl (C=O) groups is 3. The highest BCUT2D eigenvalue weighted by Gasteiger charge is 2.49. The Hall–Kier alpha value is -1.96. The van der Waals surface area contributed by atoms with Gasteiger partial charge in [0, 0.05) is 12.5 Å². The molecule has 0 aromatic heterocycles. The Balaban J connectivity index is 1.56. The maximum absolute atomic E-state index is 12.4. The minimum atomic E-state index is -4.84. The molecule has 3 rings (SSSR count). The molecule has 3 saturated heterocycles. The zero-order valence-corrected chi connectivity index (χ0v) is 14.7. The predicted octanol–water partition coefficient (Wildman–Crippen LogP) is -1.86. The van der Waals surface area contributed by atoms with E-state index in [1.807, 2.05) is 0 Å². The Morgan fingerprint density at radius 2 is 1.77 bits per heavy atom. The van der Waals surface area contributed by atoms with Crippen molar-refractivity contribution in [1.82, 2.24) is 26.1 Å². The van der Waals surface area contributed by atoms with Gasteiger partial charge in [-0.05, 0) is 38.8 Å². The van der Waals surface area contributed by atoms with E-state index in [0.717, 1.165) is 18.0 Å². The number of hydrogen-bond acceptors (Lipinski definition) is 7. The quantitative estimate of drug-likeness (QED) is 0.321. The Kier molecular flexibility index (Phi) is 5.32. The highest BCUT2D eigenvalue weighted by molar-refractivity contribution is 7.80. The molecular formula is C13H21N5O7S. The zero-order valence-electron chi connectivity index (χ0n) is 13.9. The fourth-order valence-electron chi connectivity index (χ4n) is 3.50. The number of carbonyl (C=O) groups excluding carboxylic acids is 3. The number of amides is 4. The lowest BCUT2D eigenvalue weighted by molar-refractivity contribution is -0.134. The van der Waals surface area contributed by atoms with Crippen molar-refractivity contribution < 1.29 is 31.6 Å².